The van der Waals surface area contributed by atoms with E-state index < -0.39 is 17.4 Å². The van der Waals surface area contributed by atoms with Crippen LogP contribution in [-0.4, -0.2) is 38.4 Å². The van der Waals surface area contributed by atoms with Gasteiger partial charge in [-0.1, -0.05) is 0 Å². The first-order valence-electron chi connectivity index (χ1n) is 5.47. The second-order valence-electron chi connectivity index (χ2n) is 4.34. The first kappa shape index (κ1) is 11.4. The highest BCUT2D eigenvalue weighted by Gasteiger charge is 2.62. The minimum Gasteiger partial charge on any atom is -0.468 e. The lowest BCUT2D eigenvalue weighted by Gasteiger charge is -2.28. The molecule has 2 atom stereocenters. The van der Waals surface area contributed by atoms with Crippen LogP contribution < -0.4 is 0 Å². The molecule has 0 aliphatic carbocycles. The Labute approximate surface area is 94.0 Å². The molecule has 2 aliphatic rings. The summed E-state index contributed by atoms with van der Waals surface area (Å²) >= 11 is 0. The maximum atomic E-state index is 11.9. The van der Waals surface area contributed by atoms with Crippen molar-refractivity contribution < 1.29 is 23.8 Å². The van der Waals surface area contributed by atoms with Crippen molar-refractivity contribution in [2.24, 2.45) is 5.41 Å². The van der Waals surface area contributed by atoms with E-state index in [1.165, 1.54) is 14.2 Å². The van der Waals surface area contributed by atoms with Crippen LogP contribution >= 0.6 is 0 Å². The Balaban J connectivity index is 2.35. The van der Waals surface area contributed by atoms with Gasteiger partial charge < -0.3 is 14.2 Å². The number of hydrogen-bond acceptors (Lipinski definition) is 5. The maximum absolute atomic E-state index is 11.9. The van der Waals surface area contributed by atoms with E-state index in [2.05, 4.69) is 0 Å². The summed E-state index contributed by atoms with van der Waals surface area (Å²) in [6, 6.07) is 0. The van der Waals surface area contributed by atoms with Gasteiger partial charge in [0.05, 0.1) is 26.4 Å². The zero-order chi connectivity index (χ0) is 11.8. The number of rotatable bonds is 2. The summed E-state index contributed by atoms with van der Waals surface area (Å²) in [7, 11) is 2.57. The summed E-state index contributed by atoms with van der Waals surface area (Å²) in [6.07, 6.45) is 2.57. The molecule has 0 aromatic carbocycles. The molecule has 0 N–H and O–H groups in total. The van der Waals surface area contributed by atoms with Crippen LogP contribution in [0.3, 0.4) is 0 Å². The second kappa shape index (κ2) is 4.05. The Kier molecular flexibility index (Phi) is 2.88. The summed E-state index contributed by atoms with van der Waals surface area (Å²) in [6.45, 7) is 0. The van der Waals surface area contributed by atoms with E-state index in [9.17, 15) is 9.59 Å². The van der Waals surface area contributed by atoms with Crippen LogP contribution in [0.5, 0.6) is 0 Å². The van der Waals surface area contributed by atoms with Crippen LogP contribution in [-0.2, 0) is 23.8 Å². The molecule has 2 aliphatic heterocycles. The molecule has 90 valence electrons. The van der Waals surface area contributed by atoms with Gasteiger partial charge >= 0.3 is 11.9 Å². The van der Waals surface area contributed by atoms with E-state index >= 15 is 0 Å². The number of fused-ring (bicyclic) bond motifs is 2. The largest absolute Gasteiger partial charge is 0.468 e. The normalized spacial score (nSPS) is 30.9. The van der Waals surface area contributed by atoms with Crippen LogP contribution in [0.4, 0.5) is 0 Å². The van der Waals surface area contributed by atoms with Crippen LogP contribution in [0.2, 0.25) is 0 Å². The third-order valence-corrected chi connectivity index (χ3v) is 3.55. The van der Waals surface area contributed by atoms with Gasteiger partial charge in [0.1, 0.15) is 0 Å². The summed E-state index contributed by atoms with van der Waals surface area (Å²) in [5.41, 5.74) is -1.23. The van der Waals surface area contributed by atoms with E-state index in [1.54, 1.807) is 0 Å². The Bertz CT molecular complexity index is 295. The molecule has 2 heterocycles. The third-order valence-electron chi connectivity index (χ3n) is 3.55. The van der Waals surface area contributed by atoms with Gasteiger partial charge in [-0.25, -0.2) is 0 Å². The van der Waals surface area contributed by atoms with Crippen molar-refractivity contribution in [3.8, 4) is 0 Å². The highest BCUT2D eigenvalue weighted by atomic mass is 16.6. The average molecular weight is 228 g/mol. The number of hydrogen-bond donors (Lipinski definition) is 0. The Morgan fingerprint density at radius 2 is 1.81 bits per heavy atom. The molecular weight excluding hydrogens is 212 g/mol. The topological polar surface area (TPSA) is 61.8 Å². The van der Waals surface area contributed by atoms with Crippen molar-refractivity contribution in [2.45, 2.75) is 37.9 Å². The van der Waals surface area contributed by atoms with Gasteiger partial charge in [-0.2, -0.15) is 0 Å². The Morgan fingerprint density at radius 1 is 1.19 bits per heavy atom. The van der Waals surface area contributed by atoms with E-state index in [-0.39, 0.29) is 12.2 Å². The lowest BCUT2D eigenvalue weighted by atomic mass is 9.79. The quantitative estimate of drug-likeness (QED) is 0.513. The van der Waals surface area contributed by atoms with Gasteiger partial charge in [-0.3, -0.25) is 9.59 Å². The molecular formula is C11H16O5. The van der Waals surface area contributed by atoms with Crippen molar-refractivity contribution in [3.63, 3.8) is 0 Å². The molecule has 0 spiro atoms. The van der Waals surface area contributed by atoms with E-state index in [0.717, 1.165) is 12.8 Å². The molecule has 0 unspecified atom stereocenters. The van der Waals surface area contributed by atoms with E-state index in [4.69, 9.17) is 14.2 Å². The predicted octanol–water partition coefficient (Wildman–Crippen LogP) is 0.660. The summed E-state index contributed by atoms with van der Waals surface area (Å²) in [5.74, 6) is -1.07. The average Bonchev–Trinajstić information content (AvgIpc) is 2.59. The molecule has 0 amide bonds. The summed E-state index contributed by atoms with van der Waals surface area (Å²) in [5, 5.41) is 0. The Morgan fingerprint density at radius 3 is 2.31 bits per heavy atom. The van der Waals surface area contributed by atoms with Crippen molar-refractivity contribution >= 4 is 11.9 Å². The smallest absolute Gasteiger partial charge is 0.326 e. The second-order valence-corrected chi connectivity index (χ2v) is 4.34. The van der Waals surface area contributed by atoms with Gasteiger partial charge in [-0.05, 0) is 19.3 Å². The standard InChI is InChI=1S/C11H16O5/c1-14-9(12)11(10(13)15-2)6-7-4-3-5-8(11)16-7/h7-8H,3-6H2,1-2H3/t7-,8+/m1/s1. The van der Waals surface area contributed by atoms with Crippen molar-refractivity contribution in [1.29, 1.82) is 0 Å². The van der Waals surface area contributed by atoms with Gasteiger partial charge in [-0.15, -0.1) is 0 Å². The monoisotopic (exact) mass is 228 g/mol. The summed E-state index contributed by atoms with van der Waals surface area (Å²) in [4.78, 5) is 23.8. The summed E-state index contributed by atoms with van der Waals surface area (Å²) < 4.78 is 15.2. The Hall–Kier alpha value is -1.10. The van der Waals surface area contributed by atoms with E-state index in [0.29, 0.717) is 12.8 Å². The molecule has 16 heavy (non-hydrogen) atoms. The fourth-order valence-corrected chi connectivity index (χ4v) is 2.78. The number of carbonyl (C=O) groups is 2. The molecule has 0 saturated carbocycles. The highest BCUT2D eigenvalue weighted by molar-refractivity contribution is 6.01. The molecule has 2 fully saturated rings. The van der Waals surface area contributed by atoms with Crippen molar-refractivity contribution in [1.82, 2.24) is 0 Å². The van der Waals surface area contributed by atoms with Gasteiger partial charge in [0.25, 0.3) is 0 Å². The number of methoxy groups -OCH3 is 2. The molecule has 0 aromatic rings. The van der Waals surface area contributed by atoms with Crippen LogP contribution in [0.25, 0.3) is 0 Å². The van der Waals surface area contributed by atoms with Crippen molar-refractivity contribution in [2.75, 3.05) is 14.2 Å². The lowest BCUT2D eigenvalue weighted by Crippen LogP contribution is -2.47. The molecule has 2 saturated heterocycles. The number of carbonyl (C=O) groups excluding carboxylic acids is 2. The van der Waals surface area contributed by atoms with E-state index in [1.807, 2.05) is 0 Å². The fourth-order valence-electron chi connectivity index (χ4n) is 2.78. The fraction of sp³-hybridized carbons (Fsp3) is 0.818. The molecule has 5 nitrogen and oxygen atoms in total. The van der Waals surface area contributed by atoms with Crippen LogP contribution in [0.1, 0.15) is 25.7 Å². The molecule has 0 radical (unpaired) electrons. The minimum absolute atomic E-state index is 0.0167. The van der Waals surface area contributed by atoms with Crippen molar-refractivity contribution in [3.05, 3.63) is 0 Å². The maximum Gasteiger partial charge on any atom is 0.326 e. The first-order chi connectivity index (χ1) is 7.65. The minimum atomic E-state index is -1.23. The molecule has 0 aromatic heterocycles. The molecule has 5 heteroatoms. The van der Waals surface area contributed by atoms with Gasteiger partial charge in [0, 0.05) is 6.42 Å². The predicted molar refractivity (Wildman–Crippen MR) is 53.6 cm³/mol. The highest BCUT2D eigenvalue weighted by Crippen LogP contribution is 2.47. The zero-order valence-electron chi connectivity index (χ0n) is 9.52. The lowest BCUT2D eigenvalue weighted by molar-refractivity contribution is -0.174. The van der Waals surface area contributed by atoms with Crippen LogP contribution in [0.15, 0.2) is 0 Å². The SMILES string of the molecule is COC(=O)C1(C(=O)OC)C[C@H]2CCC[C@@H]1O2. The zero-order valence-corrected chi connectivity index (χ0v) is 9.52. The van der Waals surface area contributed by atoms with Gasteiger partial charge in [0.15, 0.2) is 5.41 Å². The van der Waals surface area contributed by atoms with Crippen LogP contribution in [0, 0.1) is 5.41 Å². The molecule has 2 rings (SSSR count). The number of esters is 2. The molecule has 2 bridgehead atoms. The third kappa shape index (κ3) is 1.42. The van der Waals surface area contributed by atoms with Gasteiger partial charge in [0.2, 0.25) is 0 Å². The number of ether oxygens (including phenoxy) is 3. The first-order valence-corrected chi connectivity index (χ1v) is 5.47.